The van der Waals surface area contributed by atoms with E-state index in [0.717, 1.165) is 18.1 Å². The standard InChI is InChI=1S/C15H24N2OS/c1-2-18-15-6-4-3-5-13(15)14(17-16)11-12-7-9-19-10-8-12/h3-6,12,14,17H,2,7-11,16H2,1H3. The van der Waals surface area contributed by atoms with E-state index in [1.807, 2.05) is 19.1 Å². The molecule has 0 aliphatic carbocycles. The van der Waals surface area contributed by atoms with E-state index in [2.05, 4.69) is 29.3 Å². The molecule has 0 amide bonds. The van der Waals surface area contributed by atoms with Gasteiger partial charge in [0.05, 0.1) is 6.61 Å². The van der Waals surface area contributed by atoms with Crippen molar-refractivity contribution in [3.8, 4) is 5.75 Å². The summed E-state index contributed by atoms with van der Waals surface area (Å²) in [5.74, 6) is 10.1. The van der Waals surface area contributed by atoms with Crippen molar-refractivity contribution in [2.45, 2.75) is 32.2 Å². The quantitative estimate of drug-likeness (QED) is 0.621. The highest BCUT2D eigenvalue weighted by atomic mass is 32.2. The highest BCUT2D eigenvalue weighted by Gasteiger charge is 2.21. The van der Waals surface area contributed by atoms with E-state index < -0.39 is 0 Å². The number of hydrazine groups is 1. The predicted octanol–water partition coefficient (Wildman–Crippen LogP) is 3.12. The van der Waals surface area contributed by atoms with E-state index in [-0.39, 0.29) is 6.04 Å². The van der Waals surface area contributed by atoms with Crippen LogP contribution >= 0.6 is 11.8 Å². The summed E-state index contributed by atoms with van der Waals surface area (Å²) in [6, 6.07) is 8.40. The molecule has 0 aromatic heterocycles. The van der Waals surface area contributed by atoms with Gasteiger partial charge in [-0.15, -0.1) is 0 Å². The van der Waals surface area contributed by atoms with Gasteiger partial charge in [0.1, 0.15) is 5.75 Å². The van der Waals surface area contributed by atoms with Crippen LogP contribution in [-0.2, 0) is 0 Å². The topological polar surface area (TPSA) is 47.3 Å². The summed E-state index contributed by atoms with van der Waals surface area (Å²) < 4.78 is 5.71. The highest BCUT2D eigenvalue weighted by molar-refractivity contribution is 7.99. The average Bonchev–Trinajstić information content (AvgIpc) is 2.47. The summed E-state index contributed by atoms with van der Waals surface area (Å²) in [5, 5.41) is 0. The van der Waals surface area contributed by atoms with Crippen LogP contribution in [0.5, 0.6) is 5.75 Å². The Morgan fingerprint density at radius 1 is 1.37 bits per heavy atom. The highest BCUT2D eigenvalue weighted by Crippen LogP contribution is 2.33. The molecule has 3 N–H and O–H groups in total. The Bertz CT molecular complexity index is 380. The second-order valence-corrected chi connectivity index (χ2v) is 6.21. The summed E-state index contributed by atoms with van der Waals surface area (Å²) in [7, 11) is 0. The Morgan fingerprint density at radius 2 is 2.11 bits per heavy atom. The van der Waals surface area contributed by atoms with Gasteiger partial charge in [0.25, 0.3) is 0 Å². The molecule has 4 heteroatoms. The first-order chi connectivity index (χ1) is 9.35. The summed E-state index contributed by atoms with van der Waals surface area (Å²) in [5.41, 5.74) is 4.16. The summed E-state index contributed by atoms with van der Waals surface area (Å²) >= 11 is 2.06. The van der Waals surface area contributed by atoms with Gasteiger partial charge in [-0.3, -0.25) is 11.3 Å². The lowest BCUT2D eigenvalue weighted by Crippen LogP contribution is -2.30. The molecule has 1 aromatic rings. The third-order valence-electron chi connectivity index (χ3n) is 3.71. The number of thioether (sulfide) groups is 1. The first-order valence-corrected chi connectivity index (χ1v) is 8.26. The SMILES string of the molecule is CCOc1ccccc1C(CC1CCSCC1)NN. The van der Waals surface area contributed by atoms with E-state index in [1.165, 1.54) is 29.9 Å². The maximum atomic E-state index is 5.78. The van der Waals surface area contributed by atoms with Gasteiger partial charge in [-0.05, 0) is 49.7 Å². The minimum atomic E-state index is 0.191. The molecule has 2 rings (SSSR count). The number of benzene rings is 1. The molecule has 0 radical (unpaired) electrons. The second kappa shape index (κ2) is 7.78. The number of para-hydroxylation sites is 1. The monoisotopic (exact) mass is 280 g/mol. The van der Waals surface area contributed by atoms with E-state index in [1.54, 1.807) is 0 Å². The first-order valence-electron chi connectivity index (χ1n) is 7.10. The summed E-state index contributed by atoms with van der Waals surface area (Å²) in [6.45, 7) is 2.70. The smallest absolute Gasteiger partial charge is 0.124 e. The zero-order valence-corrected chi connectivity index (χ0v) is 12.4. The lowest BCUT2D eigenvalue weighted by molar-refractivity contribution is 0.320. The van der Waals surface area contributed by atoms with Crippen LogP contribution in [0.15, 0.2) is 24.3 Å². The number of nitrogens with two attached hydrogens (primary N) is 1. The number of hydrogen-bond donors (Lipinski definition) is 2. The number of hydrogen-bond acceptors (Lipinski definition) is 4. The van der Waals surface area contributed by atoms with Crippen LogP contribution in [0.3, 0.4) is 0 Å². The number of ether oxygens (including phenoxy) is 1. The summed E-state index contributed by atoms with van der Waals surface area (Å²) in [6.07, 6.45) is 3.71. The Balaban J connectivity index is 2.07. The largest absolute Gasteiger partial charge is 0.494 e. The molecule has 3 nitrogen and oxygen atoms in total. The van der Waals surface area contributed by atoms with Crippen LogP contribution in [0.2, 0.25) is 0 Å². The van der Waals surface area contributed by atoms with Gasteiger partial charge in [-0.2, -0.15) is 11.8 Å². The van der Waals surface area contributed by atoms with Gasteiger partial charge < -0.3 is 4.74 Å². The zero-order valence-electron chi connectivity index (χ0n) is 11.6. The zero-order chi connectivity index (χ0) is 13.5. The van der Waals surface area contributed by atoms with Crippen molar-refractivity contribution >= 4 is 11.8 Å². The third-order valence-corrected chi connectivity index (χ3v) is 4.75. The van der Waals surface area contributed by atoms with Crippen molar-refractivity contribution in [3.63, 3.8) is 0 Å². The molecule has 1 saturated heterocycles. The molecule has 0 saturated carbocycles. The van der Waals surface area contributed by atoms with Crippen LogP contribution in [0, 0.1) is 5.92 Å². The van der Waals surface area contributed by atoms with Crippen LogP contribution in [0.25, 0.3) is 0 Å². The molecule has 19 heavy (non-hydrogen) atoms. The Morgan fingerprint density at radius 3 is 2.79 bits per heavy atom. The van der Waals surface area contributed by atoms with Gasteiger partial charge in [0.15, 0.2) is 0 Å². The van der Waals surface area contributed by atoms with Crippen molar-refractivity contribution < 1.29 is 4.74 Å². The number of nitrogens with one attached hydrogen (secondary N) is 1. The molecule has 1 heterocycles. The van der Waals surface area contributed by atoms with E-state index in [9.17, 15) is 0 Å². The minimum Gasteiger partial charge on any atom is -0.494 e. The van der Waals surface area contributed by atoms with Gasteiger partial charge >= 0.3 is 0 Å². The van der Waals surface area contributed by atoms with Crippen molar-refractivity contribution in [2.75, 3.05) is 18.1 Å². The lowest BCUT2D eigenvalue weighted by Gasteiger charge is -2.27. The molecular weight excluding hydrogens is 256 g/mol. The fourth-order valence-electron chi connectivity index (χ4n) is 2.66. The fourth-order valence-corrected chi connectivity index (χ4v) is 3.86. The normalized spacial score (nSPS) is 18.2. The van der Waals surface area contributed by atoms with E-state index in [4.69, 9.17) is 10.6 Å². The Kier molecular flexibility index (Phi) is 6.01. The van der Waals surface area contributed by atoms with Crippen LogP contribution < -0.4 is 16.0 Å². The molecule has 1 aliphatic rings. The molecule has 0 spiro atoms. The molecule has 1 atom stereocenters. The van der Waals surface area contributed by atoms with Crippen molar-refractivity contribution in [3.05, 3.63) is 29.8 Å². The molecular formula is C15H24N2OS. The van der Waals surface area contributed by atoms with E-state index in [0.29, 0.717) is 6.61 Å². The van der Waals surface area contributed by atoms with Gasteiger partial charge in [0.2, 0.25) is 0 Å². The van der Waals surface area contributed by atoms with E-state index >= 15 is 0 Å². The molecule has 1 unspecified atom stereocenters. The maximum Gasteiger partial charge on any atom is 0.124 e. The second-order valence-electron chi connectivity index (χ2n) is 4.98. The summed E-state index contributed by atoms with van der Waals surface area (Å²) in [4.78, 5) is 0. The van der Waals surface area contributed by atoms with Crippen molar-refractivity contribution in [2.24, 2.45) is 11.8 Å². The van der Waals surface area contributed by atoms with Gasteiger partial charge in [-0.25, -0.2) is 0 Å². The molecule has 106 valence electrons. The average molecular weight is 280 g/mol. The maximum absolute atomic E-state index is 5.78. The Labute approximate surface area is 120 Å². The van der Waals surface area contributed by atoms with Crippen LogP contribution in [-0.4, -0.2) is 18.1 Å². The van der Waals surface area contributed by atoms with Crippen LogP contribution in [0.1, 0.15) is 37.8 Å². The minimum absolute atomic E-state index is 0.191. The first kappa shape index (κ1) is 14.7. The molecule has 1 fully saturated rings. The van der Waals surface area contributed by atoms with Crippen molar-refractivity contribution in [1.29, 1.82) is 0 Å². The third kappa shape index (κ3) is 4.13. The molecule has 1 aromatic carbocycles. The Hall–Kier alpha value is -0.710. The van der Waals surface area contributed by atoms with Gasteiger partial charge in [0, 0.05) is 11.6 Å². The van der Waals surface area contributed by atoms with Crippen LogP contribution in [0.4, 0.5) is 0 Å². The fraction of sp³-hybridized carbons (Fsp3) is 0.600. The predicted molar refractivity (Wildman–Crippen MR) is 82.3 cm³/mol. The van der Waals surface area contributed by atoms with Crippen molar-refractivity contribution in [1.82, 2.24) is 5.43 Å². The lowest BCUT2D eigenvalue weighted by atomic mass is 9.90. The molecule has 1 aliphatic heterocycles. The molecule has 0 bridgehead atoms. The van der Waals surface area contributed by atoms with Gasteiger partial charge in [-0.1, -0.05) is 18.2 Å². The number of rotatable bonds is 6.